The molecule has 0 heterocycles. The van der Waals surface area contributed by atoms with Gasteiger partial charge in [-0.3, -0.25) is 0 Å². The minimum absolute atomic E-state index is 0.0352. The molecule has 4 heteroatoms. The van der Waals surface area contributed by atoms with Gasteiger partial charge in [0.15, 0.2) is 5.71 Å². The predicted octanol–water partition coefficient (Wildman–Crippen LogP) is 3.49. The molecule has 0 atom stereocenters. The van der Waals surface area contributed by atoms with Crippen LogP contribution < -0.4 is 0 Å². The fraction of sp³-hybridized carbons (Fsp3) is 0.429. The minimum Gasteiger partial charge on any atom is -0.461 e. The standard InChI is InChI=1S/C14H19NO2S/c1-5-17-13(16)12(15-18-14(2,3)4)11-9-7-6-8-10-11/h6-10H,5H2,1-4H3/b15-12+. The molecular formula is C14H19NO2S. The first kappa shape index (κ1) is 14.8. The van der Waals surface area contributed by atoms with Crippen molar-refractivity contribution in [2.24, 2.45) is 4.40 Å². The summed E-state index contributed by atoms with van der Waals surface area (Å²) in [6, 6.07) is 9.39. The summed E-state index contributed by atoms with van der Waals surface area (Å²) in [5, 5.41) is 0. The number of esters is 1. The van der Waals surface area contributed by atoms with Gasteiger partial charge < -0.3 is 4.74 Å². The average molecular weight is 265 g/mol. The van der Waals surface area contributed by atoms with Crippen LogP contribution in [0.4, 0.5) is 0 Å². The maximum atomic E-state index is 11.9. The highest BCUT2D eigenvalue weighted by Crippen LogP contribution is 2.25. The molecule has 1 rings (SSSR count). The second-order valence-corrected chi connectivity index (χ2v) is 6.32. The van der Waals surface area contributed by atoms with Crippen LogP contribution in [0.5, 0.6) is 0 Å². The first-order valence-electron chi connectivity index (χ1n) is 5.93. The topological polar surface area (TPSA) is 38.7 Å². The number of ether oxygens (including phenoxy) is 1. The molecule has 0 amide bonds. The Bertz CT molecular complexity index is 421. The van der Waals surface area contributed by atoms with Gasteiger partial charge in [-0.1, -0.05) is 30.3 Å². The molecule has 0 aliphatic rings. The summed E-state index contributed by atoms with van der Waals surface area (Å²) in [4.78, 5) is 11.9. The lowest BCUT2D eigenvalue weighted by molar-refractivity contribution is -0.134. The van der Waals surface area contributed by atoms with Crippen LogP contribution in [0.25, 0.3) is 0 Å². The van der Waals surface area contributed by atoms with Crippen LogP contribution in [0, 0.1) is 0 Å². The van der Waals surface area contributed by atoms with Gasteiger partial charge in [-0.15, -0.1) is 0 Å². The van der Waals surface area contributed by atoms with Gasteiger partial charge in [-0.25, -0.2) is 9.19 Å². The lowest BCUT2D eigenvalue weighted by atomic mass is 10.1. The Hall–Kier alpha value is -1.29. The largest absolute Gasteiger partial charge is 0.461 e. The van der Waals surface area contributed by atoms with Crippen LogP contribution in [-0.4, -0.2) is 23.0 Å². The normalized spacial score (nSPS) is 12.3. The van der Waals surface area contributed by atoms with Gasteiger partial charge in [0, 0.05) is 10.3 Å². The number of hydrogen-bond donors (Lipinski definition) is 0. The molecule has 0 unspecified atom stereocenters. The first-order chi connectivity index (χ1) is 8.44. The van der Waals surface area contributed by atoms with E-state index in [0.717, 1.165) is 5.56 Å². The van der Waals surface area contributed by atoms with Crippen molar-refractivity contribution in [2.75, 3.05) is 6.61 Å². The van der Waals surface area contributed by atoms with Crippen molar-refractivity contribution < 1.29 is 9.53 Å². The highest BCUT2D eigenvalue weighted by molar-refractivity contribution is 7.99. The monoisotopic (exact) mass is 265 g/mol. The van der Waals surface area contributed by atoms with Crippen LogP contribution >= 0.6 is 11.9 Å². The Labute approximate surface area is 113 Å². The van der Waals surface area contributed by atoms with E-state index in [2.05, 4.69) is 25.2 Å². The second kappa shape index (κ2) is 6.59. The van der Waals surface area contributed by atoms with E-state index in [0.29, 0.717) is 12.3 Å². The van der Waals surface area contributed by atoms with Crippen LogP contribution in [0.3, 0.4) is 0 Å². The van der Waals surface area contributed by atoms with Gasteiger partial charge in [-0.2, -0.15) is 0 Å². The molecule has 0 N–H and O–H groups in total. The van der Waals surface area contributed by atoms with Crippen LogP contribution in [0.2, 0.25) is 0 Å². The van der Waals surface area contributed by atoms with Gasteiger partial charge in [0.05, 0.1) is 6.61 Å². The van der Waals surface area contributed by atoms with Crippen molar-refractivity contribution in [3.63, 3.8) is 0 Å². The Balaban J connectivity index is 3.00. The number of benzene rings is 1. The van der Waals surface area contributed by atoms with E-state index in [1.54, 1.807) is 6.92 Å². The summed E-state index contributed by atoms with van der Waals surface area (Å²) < 4.78 is 9.35. The summed E-state index contributed by atoms with van der Waals surface area (Å²) in [7, 11) is 0. The zero-order chi connectivity index (χ0) is 13.6. The molecule has 0 spiro atoms. The van der Waals surface area contributed by atoms with Gasteiger partial charge in [0.2, 0.25) is 0 Å². The summed E-state index contributed by atoms with van der Waals surface area (Å²) in [5.41, 5.74) is 1.16. The summed E-state index contributed by atoms with van der Waals surface area (Å²) in [6.45, 7) is 8.29. The predicted molar refractivity (Wildman–Crippen MR) is 77.0 cm³/mol. The van der Waals surface area contributed by atoms with Crippen molar-refractivity contribution in [1.82, 2.24) is 0 Å². The number of carbonyl (C=O) groups is 1. The van der Waals surface area contributed by atoms with E-state index in [4.69, 9.17) is 4.74 Å². The molecular weight excluding hydrogens is 246 g/mol. The maximum Gasteiger partial charge on any atom is 0.358 e. The smallest absolute Gasteiger partial charge is 0.358 e. The van der Waals surface area contributed by atoms with E-state index in [-0.39, 0.29) is 10.7 Å². The Morgan fingerprint density at radius 2 is 1.89 bits per heavy atom. The zero-order valence-corrected chi connectivity index (χ0v) is 12.1. The minimum atomic E-state index is -0.375. The van der Waals surface area contributed by atoms with E-state index in [9.17, 15) is 4.79 Å². The molecule has 1 aromatic carbocycles. The van der Waals surface area contributed by atoms with Gasteiger partial charge in [-0.05, 0) is 39.6 Å². The number of nitrogens with zero attached hydrogens (tertiary/aromatic N) is 1. The third-order valence-electron chi connectivity index (χ3n) is 1.93. The van der Waals surface area contributed by atoms with Gasteiger partial charge >= 0.3 is 5.97 Å². The lowest BCUT2D eigenvalue weighted by Gasteiger charge is -2.14. The van der Waals surface area contributed by atoms with Crippen molar-refractivity contribution >= 4 is 23.6 Å². The highest BCUT2D eigenvalue weighted by Gasteiger charge is 2.18. The molecule has 0 aromatic heterocycles. The third-order valence-corrected chi connectivity index (χ3v) is 2.75. The first-order valence-corrected chi connectivity index (χ1v) is 6.70. The molecule has 18 heavy (non-hydrogen) atoms. The fourth-order valence-electron chi connectivity index (χ4n) is 1.19. The molecule has 98 valence electrons. The molecule has 0 saturated carbocycles. The van der Waals surface area contributed by atoms with Crippen LogP contribution in [-0.2, 0) is 9.53 Å². The number of rotatable bonds is 4. The van der Waals surface area contributed by atoms with Crippen molar-refractivity contribution in [1.29, 1.82) is 0 Å². The molecule has 0 fully saturated rings. The van der Waals surface area contributed by atoms with Crippen molar-refractivity contribution in [3.8, 4) is 0 Å². The lowest BCUT2D eigenvalue weighted by Crippen LogP contribution is -2.19. The van der Waals surface area contributed by atoms with Crippen LogP contribution in [0.1, 0.15) is 33.3 Å². The van der Waals surface area contributed by atoms with Gasteiger partial charge in [0.1, 0.15) is 0 Å². The van der Waals surface area contributed by atoms with E-state index in [1.807, 2.05) is 30.3 Å². The molecule has 3 nitrogen and oxygen atoms in total. The fourth-order valence-corrected chi connectivity index (χ4v) is 1.73. The Kier molecular flexibility index (Phi) is 5.41. The van der Waals surface area contributed by atoms with Crippen LogP contribution in [0.15, 0.2) is 34.7 Å². The summed E-state index contributed by atoms with van der Waals surface area (Å²) >= 11 is 1.38. The van der Waals surface area contributed by atoms with Crippen molar-refractivity contribution in [2.45, 2.75) is 32.4 Å². The molecule has 0 bridgehead atoms. The molecule has 0 saturated heterocycles. The Morgan fingerprint density at radius 3 is 2.39 bits per heavy atom. The third kappa shape index (κ3) is 4.92. The van der Waals surface area contributed by atoms with Crippen molar-refractivity contribution in [3.05, 3.63) is 35.9 Å². The van der Waals surface area contributed by atoms with E-state index in [1.165, 1.54) is 11.9 Å². The zero-order valence-electron chi connectivity index (χ0n) is 11.3. The highest BCUT2D eigenvalue weighted by atomic mass is 32.2. The van der Waals surface area contributed by atoms with Gasteiger partial charge in [0.25, 0.3) is 0 Å². The Morgan fingerprint density at radius 1 is 1.28 bits per heavy atom. The molecule has 1 aromatic rings. The van der Waals surface area contributed by atoms with E-state index < -0.39 is 0 Å². The SMILES string of the molecule is CCOC(=O)/C(=N/SC(C)(C)C)c1ccccc1. The molecule has 0 aliphatic carbocycles. The average Bonchev–Trinajstić information content (AvgIpc) is 2.29. The summed E-state index contributed by atoms with van der Waals surface area (Å²) in [6.07, 6.45) is 0. The molecule has 0 aliphatic heterocycles. The summed E-state index contributed by atoms with van der Waals surface area (Å²) in [5.74, 6) is -0.375. The maximum absolute atomic E-state index is 11.9. The quantitative estimate of drug-likeness (QED) is 0.475. The number of hydrogen-bond acceptors (Lipinski definition) is 4. The second-order valence-electron chi connectivity index (χ2n) is 4.73. The van der Waals surface area contributed by atoms with E-state index >= 15 is 0 Å². The molecule has 0 radical (unpaired) electrons. The number of carbonyl (C=O) groups excluding carboxylic acids is 1.